The molecule has 1 aromatic rings. The molecule has 1 atom stereocenters. The van der Waals surface area contributed by atoms with Crippen LogP contribution in [0.15, 0.2) is 24.3 Å². The second-order valence-electron chi connectivity index (χ2n) is 5.61. The van der Waals surface area contributed by atoms with Gasteiger partial charge in [-0.1, -0.05) is 12.1 Å². The molecule has 1 unspecified atom stereocenters. The highest BCUT2D eigenvalue weighted by molar-refractivity contribution is 5.16. The van der Waals surface area contributed by atoms with Crippen molar-refractivity contribution in [1.82, 2.24) is 10.2 Å². The lowest BCUT2D eigenvalue weighted by molar-refractivity contribution is -0.0571. The summed E-state index contributed by atoms with van der Waals surface area (Å²) < 4.78 is 18.8. The zero-order valence-corrected chi connectivity index (χ0v) is 11.2. The largest absolute Gasteiger partial charge is 0.371 e. The highest BCUT2D eigenvalue weighted by Crippen LogP contribution is 2.26. The van der Waals surface area contributed by atoms with Gasteiger partial charge in [-0.05, 0) is 30.5 Å². The van der Waals surface area contributed by atoms with E-state index in [1.165, 1.54) is 17.7 Å². The number of nitrogens with one attached hydrogen (secondary N) is 1. The third-order valence-electron chi connectivity index (χ3n) is 4.16. The van der Waals surface area contributed by atoms with Crippen LogP contribution in [0.2, 0.25) is 0 Å². The van der Waals surface area contributed by atoms with E-state index < -0.39 is 0 Å². The Morgan fingerprint density at radius 2 is 2.16 bits per heavy atom. The van der Waals surface area contributed by atoms with Gasteiger partial charge in [0.2, 0.25) is 0 Å². The van der Waals surface area contributed by atoms with E-state index >= 15 is 0 Å². The summed E-state index contributed by atoms with van der Waals surface area (Å²) in [5, 5.41) is 3.42. The third-order valence-corrected chi connectivity index (χ3v) is 4.16. The highest BCUT2D eigenvalue weighted by atomic mass is 19.1. The first kappa shape index (κ1) is 13.0. The molecule has 1 aromatic carbocycles. The number of hydrogen-bond donors (Lipinski definition) is 1. The van der Waals surface area contributed by atoms with Gasteiger partial charge in [-0.25, -0.2) is 4.39 Å². The molecule has 2 aliphatic rings. The number of nitrogens with zero attached hydrogens (tertiary/aromatic N) is 1. The molecule has 2 fully saturated rings. The molecule has 1 N–H and O–H groups in total. The first-order chi connectivity index (χ1) is 9.26. The predicted molar refractivity (Wildman–Crippen MR) is 72.7 cm³/mol. The van der Waals surface area contributed by atoms with Crippen LogP contribution in [-0.2, 0) is 11.2 Å². The lowest BCUT2D eigenvalue weighted by Crippen LogP contribution is -2.51. The Bertz CT molecular complexity index is 415. The maximum atomic E-state index is 12.8. The average Bonchev–Trinajstić information content (AvgIpc) is 2.82. The van der Waals surface area contributed by atoms with Gasteiger partial charge in [0.1, 0.15) is 5.82 Å². The molecule has 0 aromatic heterocycles. The van der Waals surface area contributed by atoms with Crippen LogP contribution < -0.4 is 5.32 Å². The molecule has 0 amide bonds. The summed E-state index contributed by atoms with van der Waals surface area (Å²) >= 11 is 0. The molecule has 2 saturated heterocycles. The molecular weight excluding hydrogens is 243 g/mol. The van der Waals surface area contributed by atoms with E-state index in [-0.39, 0.29) is 11.4 Å². The standard InChI is InChI=1S/C15H21FN2O/c16-14-3-1-13(2-4-14)5-8-18-9-6-15(12-18)11-17-7-10-19-15/h1-4,17H,5-12H2. The van der Waals surface area contributed by atoms with Gasteiger partial charge in [-0.2, -0.15) is 0 Å². The van der Waals surface area contributed by atoms with Crippen LogP contribution in [0.3, 0.4) is 0 Å². The van der Waals surface area contributed by atoms with Crippen molar-refractivity contribution in [2.24, 2.45) is 0 Å². The van der Waals surface area contributed by atoms with Crippen molar-refractivity contribution in [3.63, 3.8) is 0 Å². The van der Waals surface area contributed by atoms with E-state index in [1.807, 2.05) is 12.1 Å². The lowest BCUT2D eigenvalue weighted by atomic mass is 10.0. The second kappa shape index (κ2) is 5.57. The maximum Gasteiger partial charge on any atom is 0.123 e. The van der Waals surface area contributed by atoms with E-state index in [9.17, 15) is 4.39 Å². The zero-order valence-electron chi connectivity index (χ0n) is 11.2. The van der Waals surface area contributed by atoms with Crippen molar-refractivity contribution in [2.75, 3.05) is 39.3 Å². The van der Waals surface area contributed by atoms with Crippen molar-refractivity contribution in [3.05, 3.63) is 35.6 Å². The van der Waals surface area contributed by atoms with E-state index in [1.54, 1.807) is 0 Å². The number of ether oxygens (including phenoxy) is 1. The molecule has 1 spiro atoms. The Kier molecular flexibility index (Phi) is 3.82. The fourth-order valence-electron chi connectivity index (χ4n) is 3.03. The minimum absolute atomic E-state index is 0.0427. The number of benzene rings is 1. The number of rotatable bonds is 3. The van der Waals surface area contributed by atoms with E-state index in [2.05, 4.69) is 10.2 Å². The second-order valence-corrected chi connectivity index (χ2v) is 5.61. The molecule has 0 saturated carbocycles. The normalized spacial score (nSPS) is 28.1. The van der Waals surface area contributed by atoms with Crippen LogP contribution in [0.4, 0.5) is 4.39 Å². The number of halogens is 1. The molecule has 2 heterocycles. The van der Waals surface area contributed by atoms with Crippen molar-refractivity contribution < 1.29 is 9.13 Å². The van der Waals surface area contributed by atoms with Crippen molar-refractivity contribution in [3.8, 4) is 0 Å². The molecule has 3 rings (SSSR count). The van der Waals surface area contributed by atoms with Crippen LogP contribution in [-0.4, -0.2) is 49.8 Å². The molecule has 0 radical (unpaired) electrons. The number of hydrogen-bond acceptors (Lipinski definition) is 3. The van der Waals surface area contributed by atoms with E-state index in [0.29, 0.717) is 0 Å². The van der Waals surface area contributed by atoms with Crippen LogP contribution in [0.1, 0.15) is 12.0 Å². The minimum Gasteiger partial charge on any atom is -0.371 e. The lowest BCUT2D eigenvalue weighted by Gasteiger charge is -2.34. The van der Waals surface area contributed by atoms with Crippen LogP contribution in [0, 0.1) is 5.82 Å². The number of morpholine rings is 1. The molecule has 3 nitrogen and oxygen atoms in total. The summed E-state index contributed by atoms with van der Waals surface area (Å²) in [7, 11) is 0. The first-order valence-electron chi connectivity index (χ1n) is 7.07. The SMILES string of the molecule is Fc1ccc(CCN2CCC3(CNCCO3)C2)cc1. The van der Waals surface area contributed by atoms with Gasteiger partial charge in [0.25, 0.3) is 0 Å². The summed E-state index contributed by atoms with van der Waals surface area (Å²) in [5.41, 5.74) is 1.24. The summed E-state index contributed by atoms with van der Waals surface area (Å²) in [4.78, 5) is 2.45. The monoisotopic (exact) mass is 264 g/mol. The molecule has 0 aliphatic carbocycles. The fraction of sp³-hybridized carbons (Fsp3) is 0.600. The first-order valence-corrected chi connectivity index (χ1v) is 7.07. The average molecular weight is 264 g/mol. The third kappa shape index (κ3) is 3.14. The van der Waals surface area contributed by atoms with Gasteiger partial charge in [0.15, 0.2) is 0 Å². The Balaban J connectivity index is 1.50. The van der Waals surface area contributed by atoms with Gasteiger partial charge in [-0.15, -0.1) is 0 Å². The van der Waals surface area contributed by atoms with E-state index in [4.69, 9.17) is 4.74 Å². The van der Waals surface area contributed by atoms with Gasteiger partial charge >= 0.3 is 0 Å². The van der Waals surface area contributed by atoms with Gasteiger partial charge < -0.3 is 10.1 Å². The molecule has 104 valence electrons. The van der Waals surface area contributed by atoms with Crippen LogP contribution >= 0.6 is 0 Å². The Hall–Kier alpha value is -0.970. The summed E-state index contributed by atoms with van der Waals surface area (Å²) in [6.45, 7) is 5.91. The topological polar surface area (TPSA) is 24.5 Å². The molecule has 2 aliphatic heterocycles. The Morgan fingerprint density at radius 1 is 1.32 bits per heavy atom. The van der Waals surface area contributed by atoms with Crippen molar-refractivity contribution in [1.29, 1.82) is 0 Å². The zero-order chi connectivity index (χ0) is 13.1. The Labute approximate surface area is 113 Å². The summed E-state index contributed by atoms with van der Waals surface area (Å²) in [5.74, 6) is -0.162. The molecule has 19 heavy (non-hydrogen) atoms. The minimum atomic E-state index is -0.162. The van der Waals surface area contributed by atoms with Crippen molar-refractivity contribution >= 4 is 0 Å². The van der Waals surface area contributed by atoms with Gasteiger partial charge in [0.05, 0.1) is 12.2 Å². The molecular formula is C15H21FN2O. The van der Waals surface area contributed by atoms with Gasteiger partial charge in [-0.3, -0.25) is 4.90 Å². The van der Waals surface area contributed by atoms with Crippen molar-refractivity contribution in [2.45, 2.75) is 18.4 Å². The smallest absolute Gasteiger partial charge is 0.123 e. The Morgan fingerprint density at radius 3 is 2.89 bits per heavy atom. The molecule has 4 heteroatoms. The predicted octanol–water partition coefficient (Wildman–Crippen LogP) is 1.43. The summed E-state index contributed by atoms with van der Waals surface area (Å²) in [6, 6.07) is 6.82. The van der Waals surface area contributed by atoms with E-state index in [0.717, 1.165) is 52.2 Å². The van der Waals surface area contributed by atoms with Crippen LogP contribution in [0.5, 0.6) is 0 Å². The molecule has 0 bridgehead atoms. The highest BCUT2D eigenvalue weighted by Gasteiger charge is 2.39. The van der Waals surface area contributed by atoms with Crippen LogP contribution in [0.25, 0.3) is 0 Å². The van der Waals surface area contributed by atoms with Gasteiger partial charge in [0, 0.05) is 32.7 Å². The quantitative estimate of drug-likeness (QED) is 0.894. The fourth-order valence-corrected chi connectivity index (χ4v) is 3.03. The summed E-state index contributed by atoms with van der Waals surface area (Å²) in [6.07, 6.45) is 2.09. The maximum absolute atomic E-state index is 12.8. The number of likely N-dealkylation sites (tertiary alicyclic amines) is 1.